The first-order valence-corrected chi connectivity index (χ1v) is 7.16. The zero-order chi connectivity index (χ0) is 15.2. The molecule has 0 radical (unpaired) electrons. The van der Waals surface area contributed by atoms with Crippen LogP contribution in [0.2, 0.25) is 5.02 Å². The lowest BCUT2D eigenvalue weighted by molar-refractivity contribution is -0.123. The third kappa shape index (κ3) is 4.80. The molecule has 3 nitrogen and oxygen atoms in total. The zero-order valence-electron chi connectivity index (χ0n) is 12.1. The summed E-state index contributed by atoms with van der Waals surface area (Å²) in [6.45, 7) is 3.89. The second-order valence-corrected chi connectivity index (χ2v) is 5.39. The van der Waals surface area contributed by atoms with Crippen LogP contribution in [0.1, 0.15) is 24.1 Å². The largest absolute Gasteiger partial charge is 0.484 e. The summed E-state index contributed by atoms with van der Waals surface area (Å²) < 4.78 is 5.47. The van der Waals surface area contributed by atoms with Crippen molar-refractivity contribution in [2.45, 2.75) is 19.9 Å². The normalized spacial score (nSPS) is 11.8. The Morgan fingerprint density at radius 3 is 2.71 bits per heavy atom. The molecule has 0 fully saturated rings. The van der Waals surface area contributed by atoms with Crippen LogP contribution < -0.4 is 10.1 Å². The van der Waals surface area contributed by atoms with Crippen LogP contribution in [0.5, 0.6) is 5.75 Å². The lowest BCUT2D eigenvalue weighted by atomic mass is 10.1. The van der Waals surface area contributed by atoms with E-state index < -0.39 is 0 Å². The number of carbonyl (C=O) groups is 1. The molecule has 4 heteroatoms. The number of halogens is 1. The van der Waals surface area contributed by atoms with Gasteiger partial charge < -0.3 is 10.1 Å². The minimum atomic E-state index is -0.163. The van der Waals surface area contributed by atoms with Gasteiger partial charge in [-0.15, -0.1) is 0 Å². The van der Waals surface area contributed by atoms with Crippen molar-refractivity contribution in [2.24, 2.45) is 0 Å². The SMILES string of the molecule is Cc1cccc(OCC(=O)NC(C)c2cccc(Cl)c2)c1. The summed E-state index contributed by atoms with van der Waals surface area (Å²) in [5.74, 6) is 0.532. The molecule has 1 N–H and O–H groups in total. The molecular formula is C17H18ClNO2. The van der Waals surface area contributed by atoms with Crippen molar-refractivity contribution in [3.8, 4) is 5.75 Å². The molecule has 0 aliphatic heterocycles. The van der Waals surface area contributed by atoms with E-state index in [1.54, 1.807) is 6.07 Å². The van der Waals surface area contributed by atoms with Crippen molar-refractivity contribution in [3.63, 3.8) is 0 Å². The van der Waals surface area contributed by atoms with Crippen molar-refractivity contribution < 1.29 is 9.53 Å². The third-order valence-corrected chi connectivity index (χ3v) is 3.32. The maximum atomic E-state index is 11.9. The van der Waals surface area contributed by atoms with Gasteiger partial charge >= 0.3 is 0 Å². The lowest BCUT2D eigenvalue weighted by Gasteiger charge is -2.15. The number of hydrogen-bond acceptors (Lipinski definition) is 2. The van der Waals surface area contributed by atoms with Gasteiger partial charge in [0.2, 0.25) is 0 Å². The quantitative estimate of drug-likeness (QED) is 0.909. The molecule has 0 heterocycles. The highest BCUT2D eigenvalue weighted by atomic mass is 35.5. The minimum Gasteiger partial charge on any atom is -0.484 e. The third-order valence-electron chi connectivity index (χ3n) is 3.09. The molecule has 1 unspecified atom stereocenters. The number of aryl methyl sites for hydroxylation is 1. The average Bonchev–Trinajstić information content (AvgIpc) is 2.45. The molecule has 2 aromatic carbocycles. The highest BCUT2D eigenvalue weighted by molar-refractivity contribution is 6.30. The maximum Gasteiger partial charge on any atom is 0.258 e. The fourth-order valence-corrected chi connectivity index (χ4v) is 2.20. The first-order chi connectivity index (χ1) is 10.0. The van der Waals surface area contributed by atoms with Gasteiger partial charge in [-0.1, -0.05) is 35.9 Å². The number of hydrogen-bond donors (Lipinski definition) is 1. The summed E-state index contributed by atoms with van der Waals surface area (Å²) in [5.41, 5.74) is 2.06. The number of rotatable bonds is 5. The van der Waals surface area contributed by atoms with Crippen molar-refractivity contribution in [1.29, 1.82) is 0 Å². The number of benzene rings is 2. The summed E-state index contributed by atoms with van der Waals surface area (Å²) >= 11 is 5.94. The first kappa shape index (κ1) is 15.4. The predicted octanol–water partition coefficient (Wildman–Crippen LogP) is 3.90. The molecule has 2 aromatic rings. The zero-order valence-corrected chi connectivity index (χ0v) is 12.9. The Kier molecular flexibility index (Phi) is 5.23. The highest BCUT2D eigenvalue weighted by Crippen LogP contribution is 2.17. The minimum absolute atomic E-state index is 0.00560. The molecule has 0 aliphatic rings. The Morgan fingerprint density at radius 1 is 1.24 bits per heavy atom. The molecule has 1 atom stereocenters. The molecule has 0 saturated carbocycles. The van der Waals surface area contributed by atoms with Gasteiger partial charge in [0.05, 0.1) is 6.04 Å². The van der Waals surface area contributed by atoms with E-state index in [0.717, 1.165) is 11.1 Å². The van der Waals surface area contributed by atoms with Gasteiger partial charge in [-0.2, -0.15) is 0 Å². The molecule has 21 heavy (non-hydrogen) atoms. The number of carbonyl (C=O) groups excluding carboxylic acids is 1. The van der Waals surface area contributed by atoms with E-state index >= 15 is 0 Å². The monoisotopic (exact) mass is 303 g/mol. The topological polar surface area (TPSA) is 38.3 Å². The standard InChI is InChI=1S/C17H18ClNO2/c1-12-5-3-8-16(9-12)21-11-17(20)19-13(2)14-6-4-7-15(18)10-14/h3-10,13H,11H2,1-2H3,(H,19,20). The van der Waals surface area contributed by atoms with Crippen molar-refractivity contribution >= 4 is 17.5 Å². The molecule has 110 valence electrons. The van der Waals surface area contributed by atoms with Crippen LogP contribution in [0.3, 0.4) is 0 Å². The van der Waals surface area contributed by atoms with E-state index in [0.29, 0.717) is 10.8 Å². The maximum absolute atomic E-state index is 11.9. The molecule has 0 saturated heterocycles. The Hall–Kier alpha value is -2.00. The van der Waals surface area contributed by atoms with E-state index in [1.807, 2.05) is 56.3 Å². The van der Waals surface area contributed by atoms with Crippen LogP contribution in [0.25, 0.3) is 0 Å². The molecular weight excluding hydrogens is 286 g/mol. The second-order valence-electron chi connectivity index (χ2n) is 4.95. The Labute approximate surface area is 129 Å². The molecule has 1 amide bonds. The van der Waals surface area contributed by atoms with E-state index in [1.165, 1.54) is 0 Å². The summed E-state index contributed by atoms with van der Waals surface area (Å²) in [7, 11) is 0. The Balaban J connectivity index is 1.87. The number of ether oxygens (including phenoxy) is 1. The van der Waals surface area contributed by atoms with Gasteiger partial charge in [0.15, 0.2) is 6.61 Å². The van der Waals surface area contributed by atoms with Crippen molar-refractivity contribution in [1.82, 2.24) is 5.32 Å². The van der Waals surface area contributed by atoms with Gasteiger partial charge in [-0.05, 0) is 49.2 Å². The van der Waals surface area contributed by atoms with Gasteiger partial charge in [0, 0.05) is 5.02 Å². The fourth-order valence-electron chi connectivity index (χ4n) is 2.00. The van der Waals surface area contributed by atoms with Crippen molar-refractivity contribution in [2.75, 3.05) is 6.61 Å². The first-order valence-electron chi connectivity index (χ1n) is 6.79. The number of amides is 1. The van der Waals surface area contributed by atoms with E-state index in [2.05, 4.69) is 5.32 Å². The van der Waals surface area contributed by atoms with Gasteiger partial charge in [-0.3, -0.25) is 4.79 Å². The molecule has 0 bridgehead atoms. The van der Waals surface area contributed by atoms with Gasteiger partial charge in [0.25, 0.3) is 5.91 Å². The average molecular weight is 304 g/mol. The molecule has 0 aliphatic carbocycles. The fraction of sp³-hybridized carbons (Fsp3) is 0.235. The van der Waals surface area contributed by atoms with E-state index in [4.69, 9.17) is 16.3 Å². The van der Waals surface area contributed by atoms with Crippen molar-refractivity contribution in [3.05, 3.63) is 64.7 Å². The summed E-state index contributed by atoms with van der Waals surface area (Å²) in [6.07, 6.45) is 0. The summed E-state index contributed by atoms with van der Waals surface area (Å²) in [5, 5.41) is 3.54. The van der Waals surface area contributed by atoms with Crippen LogP contribution >= 0.6 is 11.6 Å². The predicted molar refractivity (Wildman–Crippen MR) is 84.7 cm³/mol. The second kappa shape index (κ2) is 7.14. The number of nitrogens with one attached hydrogen (secondary N) is 1. The Morgan fingerprint density at radius 2 is 2.00 bits per heavy atom. The summed E-state index contributed by atoms with van der Waals surface area (Å²) in [4.78, 5) is 11.9. The van der Waals surface area contributed by atoms with Gasteiger partial charge in [0.1, 0.15) is 5.75 Å². The smallest absolute Gasteiger partial charge is 0.258 e. The van der Waals surface area contributed by atoms with E-state index in [-0.39, 0.29) is 18.6 Å². The Bertz CT molecular complexity index is 628. The van der Waals surface area contributed by atoms with Crippen LogP contribution in [0.15, 0.2) is 48.5 Å². The van der Waals surface area contributed by atoms with Crippen LogP contribution in [0, 0.1) is 6.92 Å². The van der Waals surface area contributed by atoms with E-state index in [9.17, 15) is 4.79 Å². The summed E-state index contributed by atoms with van der Waals surface area (Å²) in [6, 6.07) is 14.9. The van der Waals surface area contributed by atoms with Crippen LogP contribution in [-0.2, 0) is 4.79 Å². The molecule has 2 rings (SSSR count). The van der Waals surface area contributed by atoms with Crippen LogP contribution in [0.4, 0.5) is 0 Å². The lowest BCUT2D eigenvalue weighted by Crippen LogP contribution is -2.31. The van der Waals surface area contributed by atoms with Crippen LogP contribution in [-0.4, -0.2) is 12.5 Å². The molecule has 0 aromatic heterocycles. The molecule has 0 spiro atoms. The highest BCUT2D eigenvalue weighted by Gasteiger charge is 2.10. The van der Waals surface area contributed by atoms with Gasteiger partial charge in [-0.25, -0.2) is 0 Å².